The Bertz CT molecular complexity index is 282. The number of nitrogens with zero attached hydrogens (tertiary/aromatic N) is 1. The topological polar surface area (TPSA) is 21.6 Å². The van der Waals surface area contributed by atoms with Gasteiger partial charge in [-0.2, -0.15) is 0 Å². The van der Waals surface area contributed by atoms with Gasteiger partial charge in [-0.3, -0.25) is 4.99 Å². The minimum atomic E-state index is -2.53. The van der Waals surface area contributed by atoms with Crippen molar-refractivity contribution in [1.29, 1.82) is 0 Å². The van der Waals surface area contributed by atoms with Crippen LogP contribution in [0, 0.1) is 5.92 Å². The molecule has 0 N–H and O–H groups in total. The second-order valence-electron chi connectivity index (χ2n) is 3.11. The van der Waals surface area contributed by atoms with Crippen molar-refractivity contribution >= 4 is 6.21 Å². The average molecular weight is 201 g/mol. The lowest BCUT2D eigenvalue weighted by atomic mass is 10.1. The minimum absolute atomic E-state index is 0.180. The molecule has 0 spiro atoms. The van der Waals surface area contributed by atoms with E-state index in [0.717, 1.165) is 0 Å². The Morgan fingerprint density at radius 1 is 1.50 bits per heavy atom. The molecule has 1 atom stereocenters. The summed E-state index contributed by atoms with van der Waals surface area (Å²) >= 11 is 0. The summed E-state index contributed by atoms with van der Waals surface area (Å²) in [5.41, 5.74) is -0.216. The molecule has 0 amide bonds. The van der Waals surface area contributed by atoms with Gasteiger partial charge in [0, 0.05) is 12.1 Å². The molecule has 1 unspecified atom stereocenters. The molecule has 0 fully saturated rings. The Labute approximate surface area is 82.0 Å². The van der Waals surface area contributed by atoms with Crippen LogP contribution in [0.3, 0.4) is 0 Å². The fraction of sp³-hybridized carbons (Fsp3) is 0.500. The molecule has 0 radical (unpaired) electrons. The summed E-state index contributed by atoms with van der Waals surface area (Å²) in [5, 5.41) is 0. The molecule has 78 valence electrons. The van der Waals surface area contributed by atoms with E-state index in [9.17, 15) is 8.78 Å². The molecule has 0 aromatic carbocycles. The van der Waals surface area contributed by atoms with E-state index in [0.29, 0.717) is 12.2 Å². The highest BCUT2D eigenvalue weighted by molar-refractivity contribution is 5.60. The predicted octanol–water partition coefficient (Wildman–Crippen LogP) is 2.78. The number of allylic oxidation sites excluding steroid dienone is 4. The van der Waals surface area contributed by atoms with Crippen LogP contribution in [0.15, 0.2) is 28.6 Å². The maximum Gasteiger partial charge on any atom is 0.280 e. The number of rotatable bonds is 2. The van der Waals surface area contributed by atoms with Gasteiger partial charge in [0.25, 0.3) is 6.43 Å². The van der Waals surface area contributed by atoms with Crippen molar-refractivity contribution in [1.82, 2.24) is 0 Å². The van der Waals surface area contributed by atoms with E-state index >= 15 is 0 Å². The van der Waals surface area contributed by atoms with Gasteiger partial charge in [-0.15, -0.1) is 0 Å². The van der Waals surface area contributed by atoms with Crippen molar-refractivity contribution in [2.45, 2.75) is 19.8 Å². The van der Waals surface area contributed by atoms with Crippen LogP contribution < -0.4 is 0 Å². The smallest absolute Gasteiger partial charge is 0.280 e. The van der Waals surface area contributed by atoms with Crippen molar-refractivity contribution < 1.29 is 13.5 Å². The highest BCUT2D eigenvalue weighted by Crippen LogP contribution is 2.19. The molecule has 0 aromatic rings. The van der Waals surface area contributed by atoms with E-state index in [1.54, 1.807) is 6.08 Å². The third-order valence-electron chi connectivity index (χ3n) is 2.06. The van der Waals surface area contributed by atoms with E-state index in [2.05, 4.69) is 4.99 Å². The van der Waals surface area contributed by atoms with Crippen molar-refractivity contribution in [2.24, 2.45) is 10.9 Å². The standard InChI is InChI=1S/C10H13F2NO/c1-7-5-6-13-8(10(11)12)3-4-9(7)14-2/h3-4,6-7,10H,5H2,1-2H3/b8-3-,9-4+,13-6?. The van der Waals surface area contributed by atoms with E-state index < -0.39 is 6.43 Å². The van der Waals surface area contributed by atoms with Crippen molar-refractivity contribution in [3.63, 3.8) is 0 Å². The zero-order valence-electron chi connectivity index (χ0n) is 8.21. The predicted molar refractivity (Wildman–Crippen MR) is 51.5 cm³/mol. The van der Waals surface area contributed by atoms with Crippen LogP contribution in [0.25, 0.3) is 0 Å². The summed E-state index contributed by atoms with van der Waals surface area (Å²) in [7, 11) is 1.54. The molecule has 1 rings (SSSR count). The molecule has 1 aliphatic rings. The lowest BCUT2D eigenvalue weighted by molar-refractivity contribution is 0.188. The number of hydrogen-bond donors (Lipinski definition) is 0. The van der Waals surface area contributed by atoms with Crippen LogP contribution in [0.5, 0.6) is 0 Å². The van der Waals surface area contributed by atoms with E-state index in [1.807, 2.05) is 6.92 Å². The maximum absolute atomic E-state index is 12.3. The van der Waals surface area contributed by atoms with Gasteiger partial charge in [0.05, 0.1) is 12.9 Å². The summed E-state index contributed by atoms with van der Waals surface area (Å²) in [6, 6.07) is 0. The third-order valence-corrected chi connectivity index (χ3v) is 2.06. The van der Waals surface area contributed by atoms with Crippen LogP contribution in [-0.4, -0.2) is 19.7 Å². The van der Waals surface area contributed by atoms with E-state index in [4.69, 9.17) is 4.74 Å². The molecule has 14 heavy (non-hydrogen) atoms. The van der Waals surface area contributed by atoms with Gasteiger partial charge < -0.3 is 4.74 Å². The van der Waals surface area contributed by atoms with Crippen LogP contribution in [0.2, 0.25) is 0 Å². The number of aliphatic imine (C=N–C) groups is 1. The first kappa shape index (κ1) is 10.9. The highest BCUT2D eigenvalue weighted by atomic mass is 19.3. The van der Waals surface area contributed by atoms with Crippen molar-refractivity contribution in [3.8, 4) is 0 Å². The minimum Gasteiger partial charge on any atom is -0.501 e. The number of ether oxygens (including phenoxy) is 1. The molecule has 1 heterocycles. The zero-order valence-corrected chi connectivity index (χ0v) is 8.21. The molecule has 0 aromatic heterocycles. The van der Waals surface area contributed by atoms with Gasteiger partial charge in [0.1, 0.15) is 5.70 Å². The fourth-order valence-electron chi connectivity index (χ4n) is 1.21. The Balaban J connectivity index is 2.91. The van der Waals surface area contributed by atoms with E-state index in [1.165, 1.54) is 19.4 Å². The second-order valence-corrected chi connectivity index (χ2v) is 3.11. The molecule has 0 saturated heterocycles. The Kier molecular flexibility index (Phi) is 3.80. The molecule has 1 aliphatic heterocycles. The summed E-state index contributed by atoms with van der Waals surface area (Å²) in [4.78, 5) is 3.69. The first-order valence-electron chi connectivity index (χ1n) is 4.41. The number of halogens is 2. The SMILES string of the molecule is CO/C1=C/C=C(/C(F)F)N=CCC1C. The summed E-state index contributed by atoms with van der Waals surface area (Å²) in [6.45, 7) is 1.96. The van der Waals surface area contributed by atoms with Gasteiger partial charge in [0.15, 0.2) is 0 Å². The Morgan fingerprint density at radius 3 is 2.79 bits per heavy atom. The molecule has 0 bridgehead atoms. The van der Waals surface area contributed by atoms with Crippen LogP contribution >= 0.6 is 0 Å². The third kappa shape index (κ3) is 2.65. The van der Waals surface area contributed by atoms with Crippen LogP contribution in [0.1, 0.15) is 13.3 Å². The number of hydrogen-bond acceptors (Lipinski definition) is 2. The first-order chi connectivity index (χ1) is 6.65. The van der Waals surface area contributed by atoms with Crippen molar-refractivity contribution in [3.05, 3.63) is 23.6 Å². The van der Waals surface area contributed by atoms with Crippen LogP contribution in [0.4, 0.5) is 8.78 Å². The Morgan fingerprint density at radius 2 is 2.21 bits per heavy atom. The van der Waals surface area contributed by atoms with Gasteiger partial charge >= 0.3 is 0 Å². The molecule has 2 nitrogen and oxygen atoms in total. The monoisotopic (exact) mass is 201 g/mol. The van der Waals surface area contributed by atoms with Gasteiger partial charge in [0.2, 0.25) is 0 Å². The van der Waals surface area contributed by atoms with Gasteiger partial charge in [-0.1, -0.05) is 6.92 Å². The molecule has 4 heteroatoms. The second kappa shape index (κ2) is 4.88. The summed E-state index contributed by atoms with van der Waals surface area (Å²) < 4.78 is 29.7. The quantitative estimate of drug-likeness (QED) is 0.673. The normalized spacial score (nSPS) is 29.9. The summed E-state index contributed by atoms with van der Waals surface area (Å²) in [5.74, 6) is 0.883. The number of alkyl halides is 2. The fourth-order valence-corrected chi connectivity index (χ4v) is 1.21. The van der Waals surface area contributed by atoms with Gasteiger partial charge in [-0.05, 0) is 18.6 Å². The zero-order chi connectivity index (χ0) is 10.6. The lowest BCUT2D eigenvalue weighted by Gasteiger charge is -2.13. The van der Waals surface area contributed by atoms with Gasteiger partial charge in [-0.25, -0.2) is 8.78 Å². The molecular formula is C10H13F2NO. The average Bonchev–Trinajstić information content (AvgIpc) is 2.11. The first-order valence-corrected chi connectivity index (χ1v) is 4.41. The Hall–Kier alpha value is -1.19. The van der Waals surface area contributed by atoms with Crippen LogP contribution in [-0.2, 0) is 4.74 Å². The maximum atomic E-state index is 12.3. The molecule has 0 aliphatic carbocycles. The largest absolute Gasteiger partial charge is 0.501 e. The lowest BCUT2D eigenvalue weighted by Crippen LogP contribution is -2.05. The number of methoxy groups -OCH3 is 1. The highest BCUT2D eigenvalue weighted by Gasteiger charge is 2.13. The molecular weight excluding hydrogens is 188 g/mol. The summed E-state index contributed by atoms with van der Waals surface area (Å²) in [6.07, 6.45) is 2.45. The van der Waals surface area contributed by atoms with Crippen molar-refractivity contribution in [2.75, 3.05) is 7.11 Å². The van der Waals surface area contributed by atoms with E-state index in [-0.39, 0.29) is 11.6 Å². The molecule has 0 saturated carbocycles.